The summed E-state index contributed by atoms with van der Waals surface area (Å²) in [6.45, 7) is 7.17. The lowest BCUT2D eigenvalue weighted by molar-refractivity contribution is 0.106. The molecule has 0 spiro atoms. The van der Waals surface area contributed by atoms with Crippen LogP contribution in [-0.4, -0.2) is 21.5 Å². The standard InChI is InChI=1S/C10H17N3OS/c1-10(2,3)12-9-11-8(13-15-9)7-5-4-6-14-7/h7H,4-6H2,1-3H3,(H,11,12,13). The third kappa shape index (κ3) is 2.89. The van der Waals surface area contributed by atoms with Crippen molar-refractivity contribution in [3.05, 3.63) is 5.82 Å². The highest BCUT2D eigenvalue weighted by Crippen LogP contribution is 2.28. The smallest absolute Gasteiger partial charge is 0.203 e. The zero-order valence-corrected chi connectivity index (χ0v) is 10.2. The Hall–Kier alpha value is -0.680. The summed E-state index contributed by atoms with van der Waals surface area (Å²) in [5.74, 6) is 0.837. The van der Waals surface area contributed by atoms with Crippen LogP contribution < -0.4 is 5.32 Å². The van der Waals surface area contributed by atoms with E-state index < -0.39 is 0 Å². The van der Waals surface area contributed by atoms with Crippen LogP contribution in [-0.2, 0) is 4.74 Å². The van der Waals surface area contributed by atoms with Crippen LogP contribution in [0.1, 0.15) is 45.5 Å². The molecule has 0 bridgehead atoms. The van der Waals surface area contributed by atoms with Crippen LogP contribution in [0.25, 0.3) is 0 Å². The minimum Gasteiger partial charge on any atom is -0.370 e. The molecule has 1 N–H and O–H groups in total. The largest absolute Gasteiger partial charge is 0.370 e. The van der Waals surface area contributed by atoms with Gasteiger partial charge in [-0.3, -0.25) is 0 Å². The van der Waals surface area contributed by atoms with Gasteiger partial charge in [-0.2, -0.15) is 4.37 Å². The van der Waals surface area contributed by atoms with Gasteiger partial charge >= 0.3 is 0 Å². The molecule has 1 atom stereocenters. The predicted molar refractivity (Wildman–Crippen MR) is 61.2 cm³/mol. The Kier molecular flexibility index (Phi) is 2.93. The van der Waals surface area contributed by atoms with Crippen LogP contribution in [0.15, 0.2) is 0 Å². The minimum atomic E-state index is 0.0351. The fourth-order valence-electron chi connectivity index (χ4n) is 1.52. The molecule has 0 amide bonds. The molecule has 0 saturated carbocycles. The van der Waals surface area contributed by atoms with Crippen molar-refractivity contribution in [2.45, 2.75) is 45.3 Å². The van der Waals surface area contributed by atoms with Crippen molar-refractivity contribution in [1.29, 1.82) is 0 Å². The third-order valence-corrected chi connectivity index (χ3v) is 2.79. The fraction of sp³-hybridized carbons (Fsp3) is 0.800. The maximum absolute atomic E-state index is 5.54. The van der Waals surface area contributed by atoms with E-state index in [0.717, 1.165) is 30.4 Å². The van der Waals surface area contributed by atoms with Gasteiger partial charge in [-0.15, -0.1) is 0 Å². The van der Waals surface area contributed by atoms with E-state index in [0.29, 0.717) is 0 Å². The van der Waals surface area contributed by atoms with Crippen LogP contribution in [0.3, 0.4) is 0 Å². The zero-order valence-electron chi connectivity index (χ0n) is 9.41. The number of anilines is 1. The molecule has 2 heterocycles. The van der Waals surface area contributed by atoms with E-state index in [1.54, 1.807) is 0 Å². The first-order valence-corrected chi connectivity index (χ1v) is 6.05. The Morgan fingerprint density at radius 2 is 2.27 bits per heavy atom. The predicted octanol–water partition coefficient (Wildman–Crippen LogP) is 2.60. The monoisotopic (exact) mass is 227 g/mol. The molecule has 15 heavy (non-hydrogen) atoms. The lowest BCUT2D eigenvalue weighted by atomic mass is 10.1. The molecule has 5 heteroatoms. The highest BCUT2D eigenvalue weighted by atomic mass is 32.1. The summed E-state index contributed by atoms with van der Waals surface area (Å²) in [5, 5.41) is 4.20. The van der Waals surface area contributed by atoms with Gasteiger partial charge in [0.2, 0.25) is 5.13 Å². The van der Waals surface area contributed by atoms with Crippen LogP contribution in [0.4, 0.5) is 5.13 Å². The van der Waals surface area contributed by atoms with Gasteiger partial charge in [0.15, 0.2) is 5.82 Å². The van der Waals surface area contributed by atoms with Gasteiger partial charge in [-0.25, -0.2) is 4.98 Å². The molecule has 2 rings (SSSR count). The lowest BCUT2D eigenvalue weighted by Gasteiger charge is -2.18. The van der Waals surface area contributed by atoms with Crippen molar-refractivity contribution >= 4 is 16.7 Å². The first kappa shape index (κ1) is 10.8. The van der Waals surface area contributed by atoms with Gasteiger partial charge in [0.25, 0.3) is 0 Å². The summed E-state index contributed by atoms with van der Waals surface area (Å²) in [4.78, 5) is 4.45. The summed E-state index contributed by atoms with van der Waals surface area (Å²) in [6.07, 6.45) is 2.29. The maximum atomic E-state index is 5.54. The Morgan fingerprint density at radius 3 is 2.87 bits per heavy atom. The molecule has 0 aromatic carbocycles. The lowest BCUT2D eigenvalue weighted by Crippen LogP contribution is -2.25. The van der Waals surface area contributed by atoms with Crippen LogP contribution in [0.2, 0.25) is 0 Å². The van der Waals surface area contributed by atoms with Gasteiger partial charge < -0.3 is 10.1 Å². The van der Waals surface area contributed by atoms with Gasteiger partial charge in [-0.05, 0) is 33.6 Å². The minimum absolute atomic E-state index is 0.0351. The van der Waals surface area contributed by atoms with E-state index in [-0.39, 0.29) is 11.6 Å². The number of aromatic nitrogens is 2. The maximum Gasteiger partial charge on any atom is 0.203 e. The molecule has 1 unspecified atom stereocenters. The topological polar surface area (TPSA) is 47.0 Å². The number of nitrogens with one attached hydrogen (secondary N) is 1. The highest BCUT2D eigenvalue weighted by molar-refractivity contribution is 7.09. The second kappa shape index (κ2) is 4.06. The Labute approximate surface area is 94.2 Å². The van der Waals surface area contributed by atoms with E-state index in [2.05, 4.69) is 35.4 Å². The molecule has 1 fully saturated rings. The summed E-state index contributed by atoms with van der Waals surface area (Å²) in [5.41, 5.74) is 0.0351. The Bertz CT molecular complexity index is 326. The van der Waals surface area contributed by atoms with E-state index in [9.17, 15) is 0 Å². The summed E-state index contributed by atoms with van der Waals surface area (Å²) in [7, 11) is 0. The quantitative estimate of drug-likeness (QED) is 0.843. The van der Waals surface area contributed by atoms with E-state index in [1.807, 2.05) is 0 Å². The van der Waals surface area contributed by atoms with Gasteiger partial charge in [0.05, 0.1) is 0 Å². The van der Waals surface area contributed by atoms with Crippen LogP contribution >= 0.6 is 11.5 Å². The normalized spacial score (nSPS) is 21.9. The van der Waals surface area contributed by atoms with Crippen molar-refractivity contribution in [3.8, 4) is 0 Å². The molecule has 1 aromatic heterocycles. The summed E-state index contributed by atoms with van der Waals surface area (Å²) >= 11 is 1.41. The second-order valence-corrected chi connectivity index (χ2v) is 5.59. The number of hydrogen-bond donors (Lipinski definition) is 1. The van der Waals surface area contributed by atoms with Crippen molar-refractivity contribution in [1.82, 2.24) is 9.36 Å². The molecule has 84 valence electrons. The average Bonchev–Trinajstić information content (AvgIpc) is 2.68. The van der Waals surface area contributed by atoms with Crippen LogP contribution in [0.5, 0.6) is 0 Å². The molecule has 0 radical (unpaired) electrons. The highest BCUT2D eigenvalue weighted by Gasteiger charge is 2.22. The van der Waals surface area contributed by atoms with Crippen molar-refractivity contribution in [2.75, 3.05) is 11.9 Å². The van der Waals surface area contributed by atoms with Crippen LogP contribution in [0, 0.1) is 0 Å². The third-order valence-electron chi connectivity index (χ3n) is 2.14. The molecular formula is C10H17N3OS. The zero-order chi connectivity index (χ0) is 10.9. The number of rotatable bonds is 2. The second-order valence-electron chi connectivity index (χ2n) is 4.83. The Morgan fingerprint density at radius 1 is 1.47 bits per heavy atom. The van der Waals surface area contributed by atoms with Gasteiger partial charge in [-0.1, -0.05) is 0 Å². The molecule has 1 aliphatic rings. The van der Waals surface area contributed by atoms with E-state index >= 15 is 0 Å². The van der Waals surface area contributed by atoms with Crippen molar-refractivity contribution in [2.24, 2.45) is 0 Å². The number of hydrogen-bond acceptors (Lipinski definition) is 5. The molecular weight excluding hydrogens is 210 g/mol. The summed E-state index contributed by atoms with van der Waals surface area (Å²) in [6, 6.07) is 0. The number of ether oxygens (including phenoxy) is 1. The SMILES string of the molecule is CC(C)(C)Nc1nc(C2CCCO2)ns1. The van der Waals surface area contributed by atoms with E-state index in [4.69, 9.17) is 4.74 Å². The average molecular weight is 227 g/mol. The Balaban J connectivity index is 2.03. The molecule has 1 saturated heterocycles. The molecule has 4 nitrogen and oxygen atoms in total. The van der Waals surface area contributed by atoms with Gasteiger partial charge in [0, 0.05) is 23.7 Å². The fourth-order valence-corrected chi connectivity index (χ4v) is 2.34. The molecule has 0 aliphatic carbocycles. The first-order valence-electron chi connectivity index (χ1n) is 5.28. The van der Waals surface area contributed by atoms with Crippen molar-refractivity contribution < 1.29 is 4.74 Å². The molecule has 1 aromatic rings. The first-order chi connectivity index (χ1) is 7.04. The summed E-state index contributed by atoms with van der Waals surface area (Å²) < 4.78 is 9.86. The van der Waals surface area contributed by atoms with Crippen molar-refractivity contribution in [3.63, 3.8) is 0 Å². The van der Waals surface area contributed by atoms with Gasteiger partial charge in [0.1, 0.15) is 6.10 Å². The molecule has 1 aliphatic heterocycles. The number of nitrogens with zero attached hydrogens (tertiary/aromatic N) is 2. The van der Waals surface area contributed by atoms with E-state index in [1.165, 1.54) is 11.5 Å².